The number of hydrogen-bond acceptors (Lipinski definition) is 1. The minimum atomic E-state index is -0.215. The van der Waals surface area contributed by atoms with E-state index in [0.717, 1.165) is 9.13 Å². The summed E-state index contributed by atoms with van der Waals surface area (Å²) in [5, 5.41) is 2.64. The first-order chi connectivity index (χ1) is 9.16. The van der Waals surface area contributed by atoms with E-state index in [2.05, 4.69) is 27.9 Å². The van der Waals surface area contributed by atoms with Gasteiger partial charge in [-0.05, 0) is 46.4 Å². The summed E-state index contributed by atoms with van der Waals surface area (Å²) in [6.07, 6.45) is 0. The molecule has 0 fully saturated rings. The van der Waals surface area contributed by atoms with Crippen molar-refractivity contribution in [2.75, 3.05) is 6.54 Å². The van der Waals surface area contributed by atoms with Crippen LogP contribution in [0.25, 0.3) is 0 Å². The highest BCUT2D eigenvalue weighted by molar-refractivity contribution is 14.1. The number of hydrogen-bond donors (Lipinski definition) is 1. The minimum Gasteiger partial charge on any atom is -0.350 e. The summed E-state index contributed by atoms with van der Waals surface area (Å²) in [6.45, 7) is 0.413. The summed E-state index contributed by atoms with van der Waals surface area (Å²) in [7, 11) is 0. The smallest absolute Gasteiger partial charge is 0.251 e. The van der Waals surface area contributed by atoms with Crippen LogP contribution < -0.4 is 5.32 Å². The van der Waals surface area contributed by atoms with Crippen LogP contribution >= 0.6 is 34.2 Å². The highest BCUT2D eigenvalue weighted by Crippen LogP contribution is 2.18. The van der Waals surface area contributed by atoms with Gasteiger partial charge in [-0.3, -0.25) is 4.79 Å². The van der Waals surface area contributed by atoms with Gasteiger partial charge in [-0.2, -0.15) is 0 Å². The molecule has 0 heterocycles. The summed E-state index contributed by atoms with van der Waals surface area (Å²) in [4.78, 5) is 12.0. The number of carbonyl (C=O) groups excluding carboxylic acids is 1. The summed E-state index contributed by atoms with van der Waals surface area (Å²) in [5.41, 5.74) is 1.66. The van der Waals surface area contributed by atoms with E-state index < -0.39 is 0 Å². The number of halogens is 2. The highest BCUT2D eigenvalue weighted by atomic mass is 127. The van der Waals surface area contributed by atoms with Crippen LogP contribution in [-0.4, -0.2) is 12.5 Å². The van der Waals surface area contributed by atoms with Crippen molar-refractivity contribution in [2.45, 2.75) is 5.38 Å². The van der Waals surface area contributed by atoms with Gasteiger partial charge in [0.2, 0.25) is 0 Å². The Bertz CT molecular complexity index is 559. The molecule has 2 aromatic rings. The van der Waals surface area contributed by atoms with Crippen LogP contribution in [0.5, 0.6) is 0 Å². The molecule has 1 atom stereocenters. The Morgan fingerprint density at radius 1 is 1.16 bits per heavy atom. The summed E-state index contributed by atoms with van der Waals surface area (Å²) in [5.74, 6) is -0.0971. The van der Waals surface area contributed by atoms with Gasteiger partial charge in [0.1, 0.15) is 0 Å². The molecule has 0 bridgehead atoms. The molecule has 0 spiro atoms. The van der Waals surface area contributed by atoms with Gasteiger partial charge in [-0.25, -0.2) is 0 Å². The lowest BCUT2D eigenvalue weighted by Gasteiger charge is -2.11. The first-order valence-corrected chi connectivity index (χ1v) is 7.41. The number of carbonyl (C=O) groups is 1. The Labute approximate surface area is 131 Å². The first-order valence-electron chi connectivity index (χ1n) is 5.89. The Kier molecular flexibility index (Phi) is 5.22. The molecule has 1 amide bonds. The van der Waals surface area contributed by atoms with Gasteiger partial charge >= 0.3 is 0 Å². The summed E-state index contributed by atoms with van der Waals surface area (Å²) < 4.78 is 1.04. The second-order valence-corrected chi connectivity index (χ2v) is 5.87. The van der Waals surface area contributed by atoms with Crippen LogP contribution in [0, 0.1) is 3.57 Å². The van der Waals surface area contributed by atoms with Crippen LogP contribution in [0.1, 0.15) is 21.3 Å². The third-order valence-corrected chi connectivity index (χ3v) is 3.77. The standard InChI is InChI=1S/C15H13ClINO/c16-14(11-5-2-1-3-6-11)10-18-15(19)12-7-4-8-13(17)9-12/h1-9,14H,10H2,(H,18,19). The van der Waals surface area contributed by atoms with Crippen molar-refractivity contribution in [3.8, 4) is 0 Å². The van der Waals surface area contributed by atoms with Gasteiger partial charge in [0.05, 0.1) is 5.38 Å². The van der Waals surface area contributed by atoms with E-state index >= 15 is 0 Å². The predicted molar refractivity (Wildman–Crippen MR) is 86.5 cm³/mol. The molecule has 0 aliphatic heterocycles. The van der Waals surface area contributed by atoms with Gasteiger partial charge < -0.3 is 5.32 Å². The zero-order valence-corrected chi connectivity index (χ0v) is 13.1. The molecule has 0 saturated heterocycles. The quantitative estimate of drug-likeness (QED) is 0.625. The number of nitrogens with one attached hydrogen (secondary N) is 1. The maximum atomic E-state index is 12.0. The van der Waals surface area contributed by atoms with Gasteiger partial charge in [-0.15, -0.1) is 11.6 Å². The van der Waals surface area contributed by atoms with Crippen molar-refractivity contribution >= 4 is 40.1 Å². The first kappa shape index (κ1) is 14.3. The molecule has 1 unspecified atom stereocenters. The van der Waals surface area contributed by atoms with E-state index in [1.807, 2.05) is 48.5 Å². The molecule has 2 aromatic carbocycles. The molecule has 0 radical (unpaired) electrons. The maximum Gasteiger partial charge on any atom is 0.251 e. The van der Waals surface area contributed by atoms with E-state index in [9.17, 15) is 4.79 Å². The Morgan fingerprint density at radius 3 is 2.58 bits per heavy atom. The summed E-state index contributed by atoms with van der Waals surface area (Å²) >= 11 is 8.44. The molecule has 4 heteroatoms. The van der Waals surface area contributed by atoms with Gasteiger partial charge in [0.25, 0.3) is 5.91 Å². The van der Waals surface area contributed by atoms with Crippen molar-refractivity contribution in [2.24, 2.45) is 0 Å². The van der Waals surface area contributed by atoms with E-state index in [1.54, 1.807) is 6.07 Å². The molecule has 2 rings (SSSR count). The molecular weight excluding hydrogens is 373 g/mol. The van der Waals surface area contributed by atoms with Crippen molar-refractivity contribution < 1.29 is 4.79 Å². The van der Waals surface area contributed by atoms with Crippen LogP contribution in [0.2, 0.25) is 0 Å². The van der Waals surface area contributed by atoms with Gasteiger partial charge in [0.15, 0.2) is 0 Å². The van der Waals surface area contributed by atoms with Crippen molar-refractivity contribution in [3.05, 3.63) is 69.3 Å². The van der Waals surface area contributed by atoms with E-state index in [-0.39, 0.29) is 11.3 Å². The predicted octanol–water partition coefficient (Wildman–Crippen LogP) is 4.00. The largest absolute Gasteiger partial charge is 0.350 e. The molecule has 1 N–H and O–H groups in total. The fourth-order valence-corrected chi connectivity index (χ4v) is 2.46. The third kappa shape index (κ3) is 4.21. The van der Waals surface area contributed by atoms with Crippen molar-refractivity contribution in [3.63, 3.8) is 0 Å². The maximum absolute atomic E-state index is 12.0. The summed E-state index contributed by atoms with van der Waals surface area (Å²) in [6, 6.07) is 17.2. The lowest BCUT2D eigenvalue weighted by Crippen LogP contribution is -2.26. The molecular formula is C15H13ClINO. The van der Waals surface area contributed by atoms with Crippen LogP contribution in [-0.2, 0) is 0 Å². The molecule has 2 nitrogen and oxygen atoms in total. The van der Waals surface area contributed by atoms with E-state index in [0.29, 0.717) is 12.1 Å². The third-order valence-electron chi connectivity index (χ3n) is 2.69. The zero-order chi connectivity index (χ0) is 13.7. The fraction of sp³-hybridized carbons (Fsp3) is 0.133. The monoisotopic (exact) mass is 385 g/mol. The Morgan fingerprint density at radius 2 is 1.89 bits per heavy atom. The second-order valence-electron chi connectivity index (χ2n) is 4.10. The topological polar surface area (TPSA) is 29.1 Å². The Hall–Kier alpha value is -1.07. The lowest BCUT2D eigenvalue weighted by atomic mass is 10.1. The van der Waals surface area contributed by atoms with E-state index in [4.69, 9.17) is 11.6 Å². The van der Waals surface area contributed by atoms with Gasteiger partial charge in [0, 0.05) is 15.7 Å². The van der Waals surface area contributed by atoms with Crippen LogP contribution in [0.3, 0.4) is 0 Å². The number of amides is 1. The fourth-order valence-electron chi connectivity index (χ4n) is 1.69. The minimum absolute atomic E-state index is 0.0971. The molecule has 0 aromatic heterocycles. The number of alkyl halides is 1. The average Bonchev–Trinajstić information content (AvgIpc) is 2.45. The molecule has 0 aliphatic rings. The van der Waals surface area contributed by atoms with E-state index in [1.165, 1.54) is 0 Å². The zero-order valence-electron chi connectivity index (χ0n) is 10.1. The normalized spacial score (nSPS) is 11.9. The number of rotatable bonds is 4. The highest BCUT2D eigenvalue weighted by Gasteiger charge is 2.10. The second kappa shape index (κ2) is 6.91. The molecule has 0 aliphatic carbocycles. The van der Waals surface area contributed by atoms with Crippen molar-refractivity contribution in [1.29, 1.82) is 0 Å². The Balaban J connectivity index is 1.94. The number of benzene rings is 2. The molecule has 98 valence electrons. The van der Waals surface area contributed by atoms with Crippen LogP contribution in [0.15, 0.2) is 54.6 Å². The van der Waals surface area contributed by atoms with Gasteiger partial charge in [-0.1, -0.05) is 36.4 Å². The average molecular weight is 386 g/mol. The molecule has 19 heavy (non-hydrogen) atoms. The lowest BCUT2D eigenvalue weighted by molar-refractivity contribution is 0.0953. The molecule has 0 saturated carbocycles. The van der Waals surface area contributed by atoms with Crippen LogP contribution in [0.4, 0.5) is 0 Å². The van der Waals surface area contributed by atoms with Crippen molar-refractivity contribution in [1.82, 2.24) is 5.32 Å². The SMILES string of the molecule is O=C(NCC(Cl)c1ccccc1)c1cccc(I)c1.